The lowest BCUT2D eigenvalue weighted by Crippen LogP contribution is -2.15. The van der Waals surface area contributed by atoms with Gasteiger partial charge in [0, 0.05) is 25.5 Å². The number of aromatic nitrogens is 2. The smallest absolute Gasteiger partial charge is 0.272 e. The summed E-state index contributed by atoms with van der Waals surface area (Å²) in [6.07, 6.45) is 0. The van der Waals surface area contributed by atoms with E-state index in [1.165, 1.54) is 0 Å². The van der Waals surface area contributed by atoms with Crippen molar-refractivity contribution < 1.29 is 8.42 Å². The van der Waals surface area contributed by atoms with Gasteiger partial charge < -0.3 is 10.2 Å². The van der Waals surface area contributed by atoms with Crippen LogP contribution in [0, 0.1) is 0 Å². The molecule has 2 aromatic carbocycles. The number of rotatable bonds is 6. The third-order valence-corrected chi connectivity index (χ3v) is 6.94. The maximum atomic E-state index is 12.7. The molecule has 29 heavy (non-hydrogen) atoms. The van der Waals surface area contributed by atoms with Crippen molar-refractivity contribution in [3.05, 3.63) is 66.0 Å². The molecule has 0 saturated heterocycles. The molecule has 0 amide bonds. The average molecular weight is 426 g/mol. The summed E-state index contributed by atoms with van der Waals surface area (Å²) < 4.78 is 28.2. The monoisotopic (exact) mass is 425 g/mol. The van der Waals surface area contributed by atoms with Gasteiger partial charge in [-0.1, -0.05) is 18.2 Å². The minimum atomic E-state index is -3.75. The molecule has 0 bridgehead atoms. The van der Waals surface area contributed by atoms with Crippen LogP contribution < -0.4 is 14.9 Å². The summed E-state index contributed by atoms with van der Waals surface area (Å²) in [5.41, 5.74) is 3.10. The first-order valence-electron chi connectivity index (χ1n) is 8.80. The molecular weight excluding hydrogens is 406 g/mol. The van der Waals surface area contributed by atoms with E-state index >= 15 is 0 Å². The minimum absolute atomic E-state index is 0.147. The summed E-state index contributed by atoms with van der Waals surface area (Å²) in [5, 5.41) is 4.90. The van der Waals surface area contributed by atoms with Gasteiger partial charge in [0.15, 0.2) is 11.6 Å². The number of nitrogens with one attached hydrogen (secondary N) is 2. The summed E-state index contributed by atoms with van der Waals surface area (Å²) in [6, 6.07) is 18.3. The third kappa shape index (κ3) is 4.15. The van der Waals surface area contributed by atoms with Gasteiger partial charge >= 0.3 is 0 Å². The molecule has 0 fully saturated rings. The van der Waals surface area contributed by atoms with E-state index in [0.717, 1.165) is 22.7 Å². The first-order valence-corrected chi connectivity index (χ1v) is 11.2. The summed E-state index contributed by atoms with van der Waals surface area (Å²) in [4.78, 5) is 11.1. The minimum Gasteiger partial charge on any atom is -0.378 e. The van der Waals surface area contributed by atoms with Crippen LogP contribution in [0.25, 0.3) is 11.0 Å². The molecule has 0 unspecified atom stereocenters. The predicted molar refractivity (Wildman–Crippen MR) is 119 cm³/mol. The quantitative estimate of drug-likeness (QED) is 0.479. The second kappa shape index (κ2) is 7.69. The SMILES string of the molecule is CN(C)c1ccc(Nc2nc3ccccc3nc2NS(=O)(=O)c2cccs2)cc1. The van der Waals surface area contributed by atoms with Gasteiger partial charge in [0.05, 0.1) is 11.0 Å². The van der Waals surface area contributed by atoms with E-state index in [2.05, 4.69) is 20.0 Å². The number of nitrogens with zero attached hydrogens (tertiary/aromatic N) is 3. The van der Waals surface area contributed by atoms with Crippen LogP contribution >= 0.6 is 11.3 Å². The third-order valence-electron chi connectivity index (χ3n) is 4.21. The first-order chi connectivity index (χ1) is 13.9. The Hall–Kier alpha value is -3.17. The van der Waals surface area contributed by atoms with Gasteiger partial charge in [-0.25, -0.2) is 18.4 Å². The molecule has 4 rings (SSSR count). The fourth-order valence-electron chi connectivity index (χ4n) is 2.73. The number of hydrogen-bond acceptors (Lipinski definition) is 7. The maximum absolute atomic E-state index is 12.7. The predicted octanol–water partition coefficient (Wildman–Crippen LogP) is 4.30. The Morgan fingerprint density at radius 3 is 2.10 bits per heavy atom. The van der Waals surface area contributed by atoms with Crippen molar-refractivity contribution in [1.82, 2.24) is 9.97 Å². The highest BCUT2D eigenvalue weighted by Crippen LogP contribution is 2.28. The highest BCUT2D eigenvalue weighted by molar-refractivity contribution is 7.94. The van der Waals surface area contributed by atoms with Crippen molar-refractivity contribution in [1.29, 1.82) is 0 Å². The lowest BCUT2D eigenvalue weighted by Gasteiger charge is -2.15. The van der Waals surface area contributed by atoms with E-state index < -0.39 is 10.0 Å². The van der Waals surface area contributed by atoms with Crippen LogP contribution in [0.3, 0.4) is 0 Å². The van der Waals surface area contributed by atoms with Crippen molar-refractivity contribution in [3.63, 3.8) is 0 Å². The zero-order valence-corrected chi connectivity index (χ0v) is 17.5. The van der Waals surface area contributed by atoms with Gasteiger partial charge in [-0.05, 0) is 47.8 Å². The van der Waals surface area contributed by atoms with Crippen LogP contribution in [-0.4, -0.2) is 32.5 Å². The van der Waals surface area contributed by atoms with Crippen LogP contribution in [0.15, 0.2) is 70.3 Å². The van der Waals surface area contributed by atoms with E-state index in [-0.39, 0.29) is 10.0 Å². The number of hydrogen-bond donors (Lipinski definition) is 2. The fraction of sp³-hybridized carbons (Fsp3) is 0.100. The molecule has 0 spiro atoms. The highest BCUT2D eigenvalue weighted by atomic mass is 32.2. The second-order valence-corrected chi connectivity index (χ2v) is 9.37. The number of fused-ring (bicyclic) bond motifs is 1. The van der Waals surface area contributed by atoms with Gasteiger partial charge in [-0.3, -0.25) is 4.72 Å². The number of para-hydroxylation sites is 2. The van der Waals surface area contributed by atoms with Crippen molar-refractivity contribution in [2.24, 2.45) is 0 Å². The highest BCUT2D eigenvalue weighted by Gasteiger charge is 2.19. The summed E-state index contributed by atoms with van der Waals surface area (Å²) in [7, 11) is 0.182. The number of sulfonamides is 1. The zero-order chi connectivity index (χ0) is 20.4. The summed E-state index contributed by atoms with van der Waals surface area (Å²) in [6.45, 7) is 0. The second-order valence-electron chi connectivity index (χ2n) is 6.51. The average Bonchev–Trinajstić information content (AvgIpc) is 3.24. The number of benzene rings is 2. The Kier molecular flexibility index (Phi) is 5.08. The summed E-state index contributed by atoms with van der Waals surface area (Å²) in [5.74, 6) is 0.482. The Labute approximate surface area is 173 Å². The number of anilines is 4. The standard InChI is InChI=1S/C20H19N5O2S2/c1-25(2)15-11-9-14(10-12-15)21-19-20(23-17-7-4-3-6-16(17)22-19)24-29(26,27)18-8-5-13-28-18/h3-13H,1-2H3,(H,21,22)(H,23,24). The van der Waals surface area contributed by atoms with Crippen LogP contribution in [0.5, 0.6) is 0 Å². The Morgan fingerprint density at radius 2 is 1.52 bits per heavy atom. The van der Waals surface area contributed by atoms with E-state index in [1.807, 2.05) is 61.5 Å². The molecule has 2 N–H and O–H groups in total. The molecule has 0 aliphatic carbocycles. The number of thiophene rings is 1. The molecule has 148 valence electrons. The molecule has 7 nitrogen and oxygen atoms in total. The molecule has 0 atom stereocenters. The van der Waals surface area contributed by atoms with E-state index in [4.69, 9.17) is 0 Å². The topological polar surface area (TPSA) is 87.2 Å². The van der Waals surface area contributed by atoms with Crippen molar-refractivity contribution in [2.45, 2.75) is 4.21 Å². The molecule has 4 aromatic rings. The molecule has 0 aliphatic heterocycles. The molecular formula is C20H19N5O2S2. The molecule has 2 heterocycles. The molecule has 2 aromatic heterocycles. The molecule has 0 aliphatic rings. The van der Waals surface area contributed by atoms with Crippen molar-refractivity contribution in [2.75, 3.05) is 29.0 Å². The van der Waals surface area contributed by atoms with E-state index in [1.54, 1.807) is 23.6 Å². The van der Waals surface area contributed by atoms with Gasteiger partial charge in [-0.15, -0.1) is 11.3 Å². The Bertz CT molecular complexity index is 1240. The van der Waals surface area contributed by atoms with Crippen LogP contribution in [-0.2, 0) is 10.0 Å². The lowest BCUT2D eigenvalue weighted by atomic mass is 10.2. The molecule has 0 saturated carbocycles. The van der Waals surface area contributed by atoms with Gasteiger partial charge in [0.2, 0.25) is 0 Å². The first kappa shape index (κ1) is 19.2. The van der Waals surface area contributed by atoms with Crippen LogP contribution in [0.2, 0.25) is 0 Å². The van der Waals surface area contributed by atoms with Gasteiger partial charge in [0.25, 0.3) is 10.0 Å². The maximum Gasteiger partial charge on any atom is 0.272 e. The zero-order valence-electron chi connectivity index (χ0n) is 15.8. The van der Waals surface area contributed by atoms with Gasteiger partial charge in [-0.2, -0.15) is 0 Å². The van der Waals surface area contributed by atoms with Crippen molar-refractivity contribution >= 4 is 55.4 Å². The van der Waals surface area contributed by atoms with Crippen LogP contribution in [0.4, 0.5) is 23.0 Å². The van der Waals surface area contributed by atoms with Crippen LogP contribution in [0.1, 0.15) is 0 Å². The Balaban J connectivity index is 1.74. The Morgan fingerprint density at radius 1 is 0.862 bits per heavy atom. The van der Waals surface area contributed by atoms with E-state index in [9.17, 15) is 8.42 Å². The largest absolute Gasteiger partial charge is 0.378 e. The molecule has 0 radical (unpaired) electrons. The normalized spacial score (nSPS) is 11.4. The van der Waals surface area contributed by atoms with Crippen molar-refractivity contribution in [3.8, 4) is 0 Å². The fourth-order valence-corrected chi connectivity index (χ4v) is 4.73. The van der Waals surface area contributed by atoms with Gasteiger partial charge in [0.1, 0.15) is 4.21 Å². The summed E-state index contributed by atoms with van der Waals surface area (Å²) >= 11 is 1.14. The lowest BCUT2D eigenvalue weighted by molar-refractivity contribution is 0.603. The molecule has 9 heteroatoms. The van der Waals surface area contributed by atoms with E-state index in [0.29, 0.717) is 16.9 Å².